The van der Waals surface area contributed by atoms with Crippen LogP contribution in [0.2, 0.25) is 5.02 Å². The van der Waals surface area contributed by atoms with Gasteiger partial charge in [0.15, 0.2) is 12.4 Å². The molecule has 0 saturated heterocycles. The average Bonchev–Trinajstić information content (AvgIpc) is 2.45. The zero-order valence-electron chi connectivity index (χ0n) is 12.0. The Morgan fingerprint density at radius 1 is 1.10 bits per heavy atom. The van der Waals surface area contributed by atoms with Gasteiger partial charge in [-0.2, -0.15) is 0 Å². The van der Waals surface area contributed by atoms with Crippen molar-refractivity contribution in [3.8, 4) is 11.5 Å². The maximum atomic E-state index is 12.0. The first-order valence-corrected chi connectivity index (χ1v) is 7.10. The summed E-state index contributed by atoms with van der Waals surface area (Å²) in [6, 6.07) is 14.0. The number of halogens is 1. The molecule has 0 aliphatic carbocycles. The van der Waals surface area contributed by atoms with Crippen molar-refractivity contribution in [3.05, 3.63) is 59.1 Å². The van der Waals surface area contributed by atoms with Gasteiger partial charge in [0, 0.05) is 10.6 Å². The first kappa shape index (κ1) is 15.4. The van der Waals surface area contributed by atoms with Crippen LogP contribution in [-0.4, -0.2) is 18.5 Å². The number of hydrogen-bond donors (Lipinski definition) is 0. The summed E-state index contributed by atoms with van der Waals surface area (Å²) in [5.41, 5.74) is 0.591. The van der Waals surface area contributed by atoms with Crippen molar-refractivity contribution in [1.29, 1.82) is 0 Å². The Balaban J connectivity index is 1.94. The molecule has 0 atom stereocenters. The van der Waals surface area contributed by atoms with Crippen molar-refractivity contribution >= 4 is 17.4 Å². The third kappa shape index (κ3) is 4.80. The molecule has 0 aliphatic heterocycles. The summed E-state index contributed by atoms with van der Waals surface area (Å²) in [4.78, 5) is 12.0. The highest BCUT2D eigenvalue weighted by Crippen LogP contribution is 2.18. The Kier molecular flexibility index (Phi) is 5.23. The molecule has 2 aromatic carbocycles. The molecule has 4 heteroatoms. The predicted octanol–water partition coefficient (Wildman–Crippen LogP) is 4.39. The van der Waals surface area contributed by atoms with Crippen LogP contribution in [0.1, 0.15) is 24.2 Å². The third-order valence-electron chi connectivity index (χ3n) is 2.71. The van der Waals surface area contributed by atoms with Gasteiger partial charge in [0.05, 0.1) is 6.10 Å². The normalized spacial score (nSPS) is 10.5. The summed E-state index contributed by atoms with van der Waals surface area (Å²) in [5, 5.41) is 0.579. The van der Waals surface area contributed by atoms with Gasteiger partial charge in [-0.15, -0.1) is 0 Å². The second kappa shape index (κ2) is 7.14. The fraction of sp³-hybridized carbons (Fsp3) is 0.235. The molecule has 2 rings (SSSR count). The van der Waals surface area contributed by atoms with Crippen LogP contribution in [0.5, 0.6) is 11.5 Å². The predicted molar refractivity (Wildman–Crippen MR) is 83.5 cm³/mol. The minimum atomic E-state index is -0.0916. The highest BCUT2D eigenvalue weighted by molar-refractivity contribution is 6.30. The molecule has 0 saturated carbocycles. The van der Waals surface area contributed by atoms with Crippen molar-refractivity contribution in [2.45, 2.75) is 20.0 Å². The van der Waals surface area contributed by atoms with E-state index in [1.54, 1.807) is 48.5 Å². The molecule has 110 valence electrons. The molecule has 0 N–H and O–H groups in total. The quantitative estimate of drug-likeness (QED) is 0.743. The van der Waals surface area contributed by atoms with Crippen LogP contribution in [0.15, 0.2) is 48.5 Å². The van der Waals surface area contributed by atoms with Gasteiger partial charge < -0.3 is 9.47 Å². The largest absolute Gasteiger partial charge is 0.491 e. The summed E-state index contributed by atoms with van der Waals surface area (Å²) in [7, 11) is 0. The molecule has 0 bridgehead atoms. The van der Waals surface area contributed by atoms with Crippen molar-refractivity contribution in [1.82, 2.24) is 0 Å². The van der Waals surface area contributed by atoms with Crippen LogP contribution in [0.25, 0.3) is 0 Å². The van der Waals surface area contributed by atoms with Crippen molar-refractivity contribution in [2.24, 2.45) is 0 Å². The lowest BCUT2D eigenvalue weighted by Crippen LogP contribution is -2.12. The number of carbonyl (C=O) groups excluding carboxylic acids is 1. The summed E-state index contributed by atoms with van der Waals surface area (Å²) in [6.07, 6.45) is 0.109. The Morgan fingerprint density at radius 2 is 1.81 bits per heavy atom. The lowest BCUT2D eigenvalue weighted by molar-refractivity contribution is 0.0921. The van der Waals surface area contributed by atoms with E-state index in [-0.39, 0.29) is 18.5 Å². The van der Waals surface area contributed by atoms with Gasteiger partial charge in [-0.3, -0.25) is 4.79 Å². The van der Waals surface area contributed by atoms with E-state index >= 15 is 0 Å². The van der Waals surface area contributed by atoms with E-state index in [1.165, 1.54) is 0 Å². The van der Waals surface area contributed by atoms with E-state index in [9.17, 15) is 4.79 Å². The van der Waals surface area contributed by atoms with Crippen molar-refractivity contribution in [2.75, 3.05) is 6.61 Å². The number of ether oxygens (including phenoxy) is 2. The molecule has 0 fully saturated rings. The molecule has 0 aliphatic rings. The lowest BCUT2D eigenvalue weighted by Gasteiger charge is -2.10. The molecule has 3 nitrogen and oxygen atoms in total. The fourth-order valence-electron chi connectivity index (χ4n) is 1.78. The Hall–Kier alpha value is -2.00. The van der Waals surface area contributed by atoms with Crippen LogP contribution < -0.4 is 9.47 Å². The Labute approximate surface area is 129 Å². The SMILES string of the molecule is CC(C)Oc1ccc(C(=O)COc2cccc(Cl)c2)cc1. The minimum absolute atomic E-state index is 0.0231. The monoisotopic (exact) mass is 304 g/mol. The molecule has 2 aromatic rings. The zero-order chi connectivity index (χ0) is 15.2. The molecular formula is C17H17ClO3. The van der Waals surface area contributed by atoms with Crippen LogP contribution in [0, 0.1) is 0 Å². The number of ketones is 1. The number of hydrogen-bond acceptors (Lipinski definition) is 3. The Bertz CT molecular complexity index is 606. The molecule has 21 heavy (non-hydrogen) atoms. The highest BCUT2D eigenvalue weighted by Gasteiger charge is 2.08. The van der Waals surface area contributed by atoms with Crippen LogP contribution in [0.3, 0.4) is 0 Å². The number of carbonyl (C=O) groups is 1. The molecule has 0 spiro atoms. The first-order chi connectivity index (χ1) is 10.0. The second-order valence-electron chi connectivity index (χ2n) is 4.86. The molecule has 0 heterocycles. The van der Waals surface area contributed by atoms with Gasteiger partial charge in [-0.05, 0) is 56.3 Å². The van der Waals surface area contributed by atoms with Gasteiger partial charge in [-0.1, -0.05) is 17.7 Å². The van der Waals surface area contributed by atoms with E-state index < -0.39 is 0 Å². The molecule has 0 aromatic heterocycles. The van der Waals surface area contributed by atoms with E-state index in [0.717, 1.165) is 5.75 Å². The van der Waals surface area contributed by atoms with Gasteiger partial charge in [0.1, 0.15) is 11.5 Å². The van der Waals surface area contributed by atoms with Crippen LogP contribution in [0.4, 0.5) is 0 Å². The van der Waals surface area contributed by atoms with Gasteiger partial charge in [0.2, 0.25) is 0 Å². The van der Waals surface area contributed by atoms with E-state index in [4.69, 9.17) is 21.1 Å². The Morgan fingerprint density at radius 3 is 2.43 bits per heavy atom. The number of benzene rings is 2. The molecule has 0 unspecified atom stereocenters. The molecule has 0 amide bonds. The smallest absolute Gasteiger partial charge is 0.200 e. The maximum Gasteiger partial charge on any atom is 0.200 e. The van der Waals surface area contributed by atoms with Crippen LogP contribution in [-0.2, 0) is 0 Å². The van der Waals surface area contributed by atoms with Gasteiger partial charge >= 0.3 is 0 Å². The average molecular weight is 305 g/mol. The van der Waals surface area contributed by atoms with Gasteiger partial charge in [-0.25, -0.2) is 0 Å². The third-order valence-corrected chi connectivity index (χ3v) is 2.95. The number of rotatable bonds is 6. The molecule has 0 radical (unpaired) electrons. The fourth-order valence-corrected chi connectivity index (χ4v) is 1.96. The number of Topliss-reactive ketones (excluding diaryl/α,β-unsaturated/α-hetero) is 1. The minimum Gasteiger partial charge on any atom is -0.491 e. The first-order valence-electron chi connectivity index (χ1n) is 6.73. The summed E-state index contributed by atoms with van der Waals surface area (Å²) < 4.78 is 11.0. The van der Waals surface area contributed by atoms with E-state index in [1.807, 2.05) is 13.8 Å². The van der Waals surface area contributed by atoms with Gasteiger partial charge in [0.25, 0.3) is 0 Å². The molecular weight excluding hydrogens is 288 g/mol. The summed E-state index contributed by atoms with van der Waals surface area (Å²) >= 11 is 5.86. The standard InChI is InChI=1S/C17H17ClO3/c1-12(2)21-15-8-6-13(7-9-15)17(19)11-20-16-5-3-4-14(18)10-16/h3-10,12H,11H2,1-2H3. The van der Waals surface area contributed by atoms with Crippen molar-refractivity contribution < 1.29 is 14.3 Å². The summed E-state index contributed by atoms with van der Waals surface area (Å²) in [5.74, 6) is 1.24. The van der Waals surface area contributed by atoms with E-state index in [0.29, 0.717) is 16.3 Å². The second-order valence-corrected chi connectivity index (χ2v) is 5.30. The highest BCUT2D eigenvalue weighted by atomic mass is 35.5. The van der Waals surface area contributed by atoms with E-state index in [2.05, 4.69) is 0 Å². The summed E-state index contributed by atoms with van der Waals surface area (Å²) in [6.45, 7) is 3.89. The maximum absolute atomic E-state index is 12.0. The van der Waals surface area contributed by atoms with Crippen molar-refractivity contribution in [3.63, 3.8) is 0 Å². The zero-order valence-corrected chi connectivity index (χ0v) is 12.8. The lowest BCUT2D eigenvalue weighted by atomic mass is 10.1. The topological polar surface area (TPSA) is 35.5 Å². The van der Waals surface area contributed by atoms with Crippen LogP contribution >= 0.6 is 11.6 Å².